The van der Waals surface area contributed by atoms with Gasteiger partial charge in [-0.15, -0.1) is 0 Å². The Morgan fingerprint density at radius 3 is 2.25 bits per heavy atom. The molecule has 0 bridgehead atoms. The lowest BCUT2D eigenvalue weighted by Crippen LogP contribution is -2.06. The number of nitrogens with zero attached hydrogens (tertiary/aromatic N) is 1. The zero-order valence-corrected chi connectivity index (χ0v) is 19.5. The quantitative estimate of drug-likeness (QED) is 0.181. The van der Waals surface area contributed by atoms with Gasteiger partial charge in [-0.2, -0.15) is 0 Å². The van der Waals surface area contributed by atoms with Gasteiger partial charge < -0.3 is 14.6 Å². The highest BCUT2D eigenvalue weighted by atomic mass is 16.5. The summed E-state index contributed by atoms with van der Waals surface area (Å²) >= 11 is 0. The average Bonchev–Trinajstić information content (AvgIpc) is 2.81. The van der Waals surface area contributed by atoms with Crippen molar-refractivity contribution in [3.63, 3.8) is 0 Å². The van der Waals surface area contributed by atoms with Crippen LogP contribution in [0.3, 0.4) is 0 Å². The molecule has 0 unspecified atom stereocenters. The van der Waals surface area contributed by atoms with E-state index in [1.54, 1.807) is 18.3 Å². The van der Waals surface area contributed by atoms with Gasteiger partial charge in [0.1, 0.15) is 11.5 Å². The van der Waals surface area contributed by atoms with Crippen molar-refractivity contribution in [2.75, 3.05) is 13.2 Å². The summed E-state index contributed by atoms with van der Waals surface area (Å²) in [5.41, 5.74) is 1.64. The van der Waals surface area contributed by atoms with Crippen LogP contribution in [0.1, 0.15) is 87.6 Å². The molecule has 1 N–H and O–H groups in total. The third-order valence-electron chi connectivity index (χ3n) is 5.20. The van der Waals surface area contributed by atoms with E-state index in [4.69, 9.17) is 9.47 Å². The molecule has 5 heteroatoms. The molecule has 0 saturated carbocycles. The molecule has 0 atom stereocenters. The first-order chi connectivity index (χ1) is 15.6. The van der Waals surface area contributed by atoms with Crippen molar-refractivity contribution < 1.29 is 19.4 Å². The summed E-state index contributed by atoms with van der Waals surface area (Å²) in [4.78, 5) is 16.6. The fourth-order valence-corrected chi connectivity index (χ4v) is 3.19. The molecule has 5 nitrogen and oxygen atoms in total. The van der Waals surface area contributed by atoms with Crippen molar-refractivity contribution in [3.8, 4) is 11.5 Å². The van der Waals surface area contributed by atoms with Gasteiger partial charge in [-0.3, -0.25) is 4.99 Å². The molecular formula is C27H37NO4. The summed E-state index contributed by atoms with van der Waals surface area (Å²) in [6.07, 6.45) is 11.9. The molecule has 2 rings (SSSR count). The Morgan fingerprint density at radius 1 is 0.875 bits per heavy atom. The van der Waals surface area contributed by atoms with Gasteiger partial charge in [0.05, 0.1) is 24.5 Å². The molecule has 0 radical (unpaired) electrons. The molecule has 0 aliphatic heterocycles. The number of unbranched alkanes of at least 4 members (excludes halogenated alkanes) is 7. The number of aromatic hydroxyl groups is 1. The molecule has 0 aliphatic rings. The highest BCUT2D eigenvalue weighted by Crippen LogP contribution is 2.21. The molecule has 0 fully saturated rings. The van der Waals surface area contributed by atoms with Crippen LogP contribution in [0.5, 0.6) is 11.5 Å². The number of phenolic OH excluding ortho intramolecular Hbond substituents is 1. The molecule has 2 aromatic rings. The minimum absolute atomic E-state index is 0.00126. The van der Waals surface area contributed by atoms with Crippen molar-refractivity contribution in [1.29, 1.82) is 0 Å². The Hall–Kier alpha value is -2.82. The van der Waals surface area contributed by atoms with E-state index in [9.17, 15) is 9.90 Å². The maximum atomic E-state index is 12.2. The van der Waals surface area contributed by atoms with Crippen LogP contribution in [0, 0.1) is 0 Å². The first-order valence-electron chi connectivity index (χ1n) is 11.9. The zero-order valence-electron chi connectivity index (χ0n) is 19.5. The van der Waals surface area contributed by atoms with Gasteiger partial charge in [0.25, 0.3) is 0 Å². The standard InChI is InChI=1S/C27H37NO4/c1-3-5-7-8-9-10-11-19-32-27(30)22-12-13-23(26(29)20-22)21-28-24-14-16-25(17-15-24)31-18-6-4-2/h12-17,20-21,29H,3-11,18-19H2,1-2H3. The maximum absolute atomic E-state index is 12.2. The molecule has 0 aliphatic carbocycles. The van der Waals surface area contributed by atoms with Gasteiger partial charge in [-0.25, -0.2) is 4.79 Å². The van der Waals surface area contributed by atoms with Crippen LogP contribution in [-0.2, 0) is 4.74 Å². The highest BCUT2D eigenvalue weighted by molar-refractivity contribution is 5.92. The smallest absolute Gasteiger partial charge is 0.338 e. The van der Waals surface area contributed by atoms with E-state index in [1.807, 2.05) is 24.3 Å². The first kappa shape index (κ1) is 25.4. The molecule has 0 amide bonds. The average molecular weight is 440 g/mol. The number of benzene rings is 2. The summed E-state index contributed by atoms with van der Waals surface area (Å²) < 4.78 is 11.0. The Balaban J connectivity index is 1.79. The highest BCUT2D eigenvalue weighted by Gasteiger charge is 2.10. The molecule has 0 saturated heterocycles. The number of esters is 1. The number of carbonyl (C=O) groups is 1. The second-order valence-electron chi connectivity index (χ2n) is 7.98. The Kier molecular flexibility index (Phi) is 12.0. The van der Waals surface area contributed by atoms with Gasteiger partial charge in [0.2, 0.25) is 0 Å². The number of rotatable bonds is 15. The molecular weight excluding hydrogens is 402 g/mol. The molecule has 0 spiro atoms. The van der Waals surface area contributed by atoms with Crippen LogP contribution < -0.4 is 4.74 Å². The van der Waals surface area contributed by atoms with Crippen LogP contribution in [0.25, 0.3) is 0 Å². The van der Waals surface area contributed by atoms with E-state index in [-0.39, 0.29) is 5.75 Å². The SMILES string of the molecule is CCCCCCCCCOC(=O)c1ccc(C=Nc2ccc(OCCCC)cc2)c(O)c1. The van der Waals surface area contributed by atoms with Crippen LogP contribution in [0.4, 0.5) is 5.69 Å². The molecule has 32 heavy (non-hydrogen) atoms. The van der Waals surface area contributed by atoms with Crippen LogP contribution in [0.15, 0.2) is 47.5 Å². The van der Waals surface area contributed by atoms with Gasteiger partial charge in [0, 0.05) is 11.8 Å². The Labute approximate surface area is 192 Å². The van der Waals surface area contributed by atoms with E-state index >= 15 is 0 Å². The van der Waals surface area contributed by atoms with E-state index < -0.39 is 5.97 Å². The number of hydrogen-bond acceptors (Lipinski definition) is 5. The van der Waals surface area contributed by atoms with E-state index in [0.717, 1.165) is 37.1 Å². The van der Waals surface area contributed by atoms with E-state index in [0.29, 0.717) is 24.3 Å². The maximum Gasteiger partial charge on any atom is 0.338 e. The predicted molar refractivity (Wildman–Crippen MR) is 130 cm³/mol. The second-order valence-corrected chi connectivity index (χ2v) is 7.98. The number of hydrogen-bond donors (Lipinski definition) is 1. The largest absolute Gasteiger partial charge is 0.507 e. The summed E-state index contributed by atoms with van der Waals surface area (Å²) in [7, 11) is 0. The number of carbonyl (C=O) groups excluding carboxylic acids is 1. The summed E-state index contributed by atoms with van der Waals surface area (Å²) in [5.74, 6) is 0.409. The van der Waals surface area contributed by atoms with Crippen LogP contribution >= 0.6 is 0 Å². The first-order valence-corrected chi connectivity index (χ1v) is 11.9. The lowest BCUT2D eigenvalue weighted by atomic mass is 10.1. The van der Waals surface area contributed by atoms with Crippen molar-refractivity contribution in [1.82, 2.24) is 0 Å². The van der Waals surface area contributed by atoms with Crippen LogP contribution in [-0.4, -0.2) is 30.5 Å². The fraction of sp³-hybridized carbons (Fsp3) is 0.481. The van der Waals surface area contributed by atoms with Crippen LogP contribution in [0.2, 0.25) is 0 Å². The fourth-order valence-electron chi connectivity index (χ4n) is 3.19. The third kappa shape index (κ3) is 9.54. The van der Waals surface area contributed by atoms with Crippen molar-refractivity contribution in [3.05, 3.63) is 53.6 Å². The Morgan fingerprint density at radius 2 is 1.56 bits per heavy atom. The molecule has 174 valence electrons. The van der Waals surface area contributed by atoms with Gasteiger partial charge in [0.15, 0.2) is 0 Å². The topological polar surface area (TPSA) is 68.1 Å². The zero-order chi connectivity index (χ0) is 23.0. The lowest BCUT2D eigenvalue weighted by molar-refractivity contribution is 0.0497. The normalized spacial score (nSPS) is 11.1. The van der Waals surface area contributed by atoms with Crippen molar-refractivity contribution in [2.24, 2.45) is 4.99 Å². The monoisotopic (exact) mass is 439 g/mol. The summed E-state index contributed by atoms with van der Waals surface area (Å²) in [6, 6.07) is 12.2. The predicted octanol–water partition coefficient (Wildman–Crippen LogP) is 7.23. The molecule has 0 heterocycles. The molecule has 0 aromatic heterocycles. The number of aliphatic imine (C=N–C) groups is 1. The van der Waals surface area contributed by atoms with E-state index in [1.165, 1.54) is 38.2 Å². The van der Waals surface area contributed by atoms with Gasteiger partial charge in [-0.05, 0) is 55.3 Å². The third-order valence-corrected chi connectivity index (χ3v) is 5.20. The van der Waals surface area contributed by atoms with Crippen molar-refractivity contribution in [2.45, 2.75) is 71.6 Å². The van der Waals surface area contributed by atoms with Crippen molar-refractivity contribution >= 4 is 17.9 Å². The Bertz CT molecular complexity index is 830. The second kappa shape index (κ2) is 15.1. The lowest BCUT2D eigenvalue weighted by Gasteiger charge is -2.07. The number of phenols is 1. The molecule has 2 aromatic carbocycles. The van der Waals surface area contributed by atoms with Gasteiger partial charge >= 0.3 is 5.97 Å². The summed E-state index contributed by atoms with van der Waals surface area (Å²) in [6.45, 7) is 5.46. The number of ether oxygens (including phenoxy) is 2. The summed E-state index contributed by atoms with van der Waals surface area (Å²) in [5, 5.41) is 10.3. The minimum Gasteiger partial charge on any atom is -0.507 e. The van der Waals surface area contributed by atoms with E-state index in [2.05, 4.69) is 18.8 Å². The van der Waals surface area contributed by atoms with Gasteiger partial charge in [-0.1, -0.05) is 58.8 Å². The minimum atomic E-state index is -0.409.